The molecule has 0 radical (unpaired) electrons. The van der Waals surface area contributed by atoms with Crippen molar-refractivity contribution in [2.24, 2.45) is 10.4 Å². The van der Waals surface area contributed by atoms with Crippen LogP contribution in [0.5, 0.6) is 0 Å². The summed E-state index contributed by atoms with van der Waals surface area (Å²) in [4.78, 5) is 14.8. The first-order valence-electron chi connectivity index (χ1n) is 5.05. The summed E-state index contributed by atoms with van der Waals surface area (Å²) in [5.74, 6) is 0. The highest BCUT2D eigenvalue weighted by atomic mass is 16.2. The quantitative estimate of drug-likeness (QED) is 0.379. The molecule has 1 saturated heterocycles. The predicted molar refractivity (Wildman–Crippen MR) is 57.3 cm³/mol. The Hall–Kier alpha value is -1.43. The van der Waals surface area contributed by atoms with E-state index in [1.54, 1.807) is 0 Å². The van der Waals surface area contributed by atoms with Crippen LogP contribution in [0.25, 0.3) is 0 Å². The van der Waals surface area contributed by atoms with Gasteiger partial charge in [-0.1, -0.05) is 0 Å². The summed E-state index contributed by atoms with van der Waals surface area (Å²) in [6.45, 7) is 2.06. The largest absolute Gasteiger partial charge is 0.334 e. The number of nitrogens with zero attached hydrogens (tertiary/aromatic N) is 1. The number of nitrogens with one attached hydrogen (secondary N) is 4. The number of carbonyl (C=O) groups excluding carboxylic acids is 1. The third kappa shape index (κ3) is 2.15. The van der Waals surface area contributed by atoms with E-state index < -0.39 is 0 Å². The van der Waals surface area contributed by atoms with E-state index in [-0.39, 0.29) is 6.03 Å². The van der Waals surface area contributed by atoms with E-state index in [2.05, 4.69) is 20.9 Å². The molecule has 1 aliphatic heterocycles. The van der Waals surface area contributed by atoms with E-state index in [1.807, 2.05) is 0 Å². The van der Waals surface area contributed by atoms with Crippen LogP contribution in [0.4, 0.5) is 4.79 Å². The molecule has 2 unspecified atom stereocenters. The van der Waals surface area contributed by atoms with Crippen LogP contribution in [0.1, 0.15) is 12.8 Å². The molecule has 0 aromatic heterocycles. The van der Waals surface area contributed by atoms with Crippen LogP contribution in [0, 0.1) is 10.8 Å². The molecule has 6 heteroatoms. The highest BCUT2D eigenvalue weighted by molar-refractivity contribution is 5.88. The summed E-state index contributed by atoms with van der Waals surface area (Å²) in [6, 6.07) is 0.0512. The summed E-state index contributed by atoms with van der Waals surface area (Å²) in [7, 11) is 0. The lowest BCUT2D eigenvalue weighted by Gasteiger charge is -2.08. The van der Waals surface area contributed by atoms with Crippen molar-refractivity contribution < 1.29 is 4.79 Å². The Morgan fingerprint density at radius 2 is 2.53 bits per heavy atom. The summed E-state index contributed by atoms with van der Waals surface area (Å²) in [5.41, 5.74) is 0.316. The average Bonchev–Trinajstić information content (AvgIpc) is 2.65. The predicted octanol–water partition coefficient (Wildman–Crippen LogP) is -0.327. The number of hydrogen-bond acceptors (Lipinski definition) is 3. The first-order valence-corrected chi connectivity index (χ1v) is 5.05. The molecule has 2 aliphatic rings. The Morgan fingerprint density at radius 3 is 3.20 bits per heavy atom. The Balaban J connectivity index is 1.72. The van der Waals surface area contributed by atoms with Gasteiger partial charge in [-0.25, -0.2) is 9.79 Å². The van der Waals surface area contributed by atoms with Crippen molar-refractivity contribution in [2.45, 2.75) is 18.9 Å². The third-order valence-electron chi connectivity index (χ3n) is 3.12. The number of aliphatic imine (C=N–C) groups is 1. The van der Waals surface area contributed by atoms with Gasteiger partial charge in [-0.15, -0.1) is 0 Å². The molecule has 0 aromatic carbocycles. The molecule has 1 aliphatic carbocycles. The van der Waals surface area contributed by atoms with Crippen LogP contribution in [0.3, 0.4) is 0 Å². The van der Waals surface area contributed by atoms with Gasteiger partial charge in [0.1, 0.15) is 6.34 Å². The molecule has 0 bridgehead atoms. The first-order chi connectivity index (χ1) is 7.27. The monoisotopic (exact) mass is 209 g/mol. The van der Waals surface area contributed by atoms with E-state index >= 15 is 0 Å². The van der Waals surface area contributed by atoms with Gasteiger partial charge in [0.25, 0.3) is 0 Å². The van der Waals surface area contributed by atoms with Gasteiger partial charge < -0.3 is 10.6 Å². The van der Waals surface area contributed by atoms with Crippen molar-refractivity contribution in [3.05, 3.63) is 0 Å². The first kappa shape index (κ1) is 10.1. The highest BCUT2D eigenvalue weighted by Crippen LogP contribution is 2.50. The van der Waals surface area contributed by atoms with E-state index in [0.717, 1.165) is 32.3 Å². The van der Waals surface area contributed by atoms with Gasteiger partial charge in [0.05, 0.1) is 6.34 Å². The highest BCUT2D eigenvalue weighted by Gasteiger charge is 2.56. The van der Waals surface area contributed by atoms with Crippen molar-refractivity contribution in [1.29, 1.82) is 5.41 Å². The van der Waals surface area contributed by atoms with Crippen molar-refractivity contribution in [3.63, 3.8) is 0 Å². The van der Waals surface area contributed by atoms with E-state index in [9.17, 15) is 4.79 Å². The molecule has 1 spiro atoms. The molecule has 2 fully saturated rings. The molecule has 2 amide bonds. The topological polar surface area (TPSA) is 89.4 Å². The summed E-state index contributed by atoms with van der Waals surface area (Å²) in [6.07, 6.45) is 4.30. The molecular weight excluding hydrogens is 194 g/mol. The van der Waals surface area contributed by atoms with Gasteiger partial charge in [0.2, 0.25) is 0 Å². The lowest BCUT2D eigenvalue weighted by atomic mass is 10.1. The lowest BCUT2D eigenvalue weighted by Crippen LogP contribution is -2.38. The summed E-state index contributed by atoms with van der Waals surface area (Å²) >= 11 is 0. The summed E-state index contributed by atoms with van der Waals surface area (Å²) < 4.78 is 0. The van der Waals surface area contributed by atoms with Crippen LogP contribution in [0.15, 0.2) is 4.99 Å². The third-order valence-corrected chi connectivity index (χ3v) is 3.12. The minimum absolute atomic E-state index is 0.241. The van der Waals surface area contributed by atoms with Crippen LogP contribution in [0.2, 0.25) is 0 Å². The van der Waals surface area contributed by atoms with Gasteiger partial charge in [0, 0.05) is 18.0 Å². The van der Waals surface area contributed by atoms with Crippen LogP contribution in [-0.2, 0) is 0 Å². The molecule has 15 heavy (non-hydrogen) atoms. The zero-order valence-corrected chi connectivity index (χ0v) is 8.42. The van der Waals surface area contributed by atoms with E-state index in [0.29, 0.717) is 11.5 Å². The average molecular weight is 209 g/mol. The van der Waals surface area contributed by atoms with Gasteiger partial charge in [-0.05, 0) is 19.4 Å². The fourth-order valence-corrected chi connectivity index (χ4v) is 2.12. The maximum Gasteiger partial charge on any atom is 0.320 e. The molecule has 82 valence electrons. The number of rotatable bonds is 3. The Kier molecular flexibility index (Phi) is 2.68. The standard InChI is InChI=1S/C9H15N5O/c10-5-12-6-13-8(15)14-7-3-9(7)1-2-11-4-9/h5-7,11H,1-4H2,(H3,10,12,13,14,15). The number of urea groups is 1. The SMILES string of the molecule is N=CN=CNC(=O)NC1CC12CCNC2. The molecule has 1 heterocycles. The van der Waals surface area contributed by atoms with Crippen LogP contribution < -0.4 is 16.0 Å². The van der Waals surface area contributed by atoms with Crippen molar-refractivity contribution in [3.8, 4) is 0 Å². The number of amides is 2. The van der Waals surface area contributed by atoms with Gasteiger partial charge in [-0.2, -0.15) is 0 Å². The fraction of sp³-hybridized carbons (Fsp3) is 0.667. The minimum atomic E-state index is -0.241. The zero-order valence-electron chi connectivity index (χ0n) is 8.42. The van der Waals surface area contributed by atoms with Crippen molar-refractivity contribution in [2.75, 3.05) is 13.1 Å². The second-order valence-electron chi connectivity index (χ2n) is 4.07. The Labute approximate surface area is 88.0 Å². The summed E-state index contributed by atoms with van der Waals surface area (Å²) in [5, 5.41) is 15.3. The maximum atomic E-state index is 11.3. The van der Waals surface area contributed by atoms with Gasteiger partial charge in [0.15, 0.2) is 0 Å². The second-order valence-corrected chi connectivity index (χ2v) is 4.07. The normalized spacial score (nSPS) is 33.2. The molecule has 4 N–H and O–H groups in total. The van der Waals surface area contributed by atoms with E-state index in [1.165, 1.54) is 6.34 Å². The van der Waals surface area contributed by atoms with Crippen LogP contribution >= 0.6 is 0 Å². The molecular formula is C9H15N5O. The molecule has 6 nitrogen and oxygen atoms in total. The Morgan fingerprint density at radius 1 is 1.67 bits per heavy atom. The molecule has 2 atom stereocenters. The molecule has 2 rings (SSSR count). The van der Waals surface area contributed by atoms with Crippen LogP contribution in [-0.4, -0.2) is 37.8 Å². The lowest BCUT2D eigenvalue weighted by molar-refractivity contribution is 0.243. The minimum Gasteiger partial charge on any atom is -0.334 e. The Bertz CT molecular complexity index is 295. The maximum absolute atomic E-state index is 11.3. The van der Waals surface area contributed by atoms with Crippen molar-refractivity contribution in [1.82, 2.24) is 16.0 Å². The van der Waals surface area contributed by atoms with E-state index in [4.69, 9.17) is 5.41 Å². The molecule has 1 saturated carbocycles. The zero-order chi connectivity index (χ0) is 10.7. The fourth-order valence-electron chi connectivity index (χ4n) is 2.12. The molecule has 0 aromatic rings. The van der Waals surface area contributed by atoms with Gasteiger partial charge >= 0.3 is 6.03 Å². The van der Waals surface area contributed by atoms with Crippen molar-refractivity contribution >= 4 is 18.7 Å². The smallest absolute Gasteiger partial charge is 0.320 e. The van der Waals surface area contributed by atoms with Gasteiger partial charge in [-0.3, -0.25) is 10.7 Å². The number of carbonyl (C=O) groups is 1. The second kappa shape index (κ2) is 3.98. The number of hydrogen-bond donors (Lipinski definition) is 4.